The Kier molecular flexibility index (Phi) is 2.56. The Balaban J connectivity index is 2.05. The monoisotopic (exact) mass is 182 g/mol. The molecule has 2 rings (SSSR count). The first-order valence-electron chi connectivity index (χ1n) is 4.62. The van der Waals surface area contributed by atoms with E-state index < -0.39 is 0 Å². The Bertz CT molecular complexity index is 267. The smallest absolute Gasteiger partial charge is 0.108 e. The summed E-state index contributed by atoms with van der Waals surface area (Å²) < 4.78 is 1.84. The van der Waals surface area contributed by atoms with Crippen LogP contribution in [0.15, 0.2) is 6.20 Å². The van der Waals surface area contributed by atoms with Crippen molar-refractivity contribution in [3.63, 3.8) is 0 Å². The van der Waals surface area contributed by atoms with E-state index in [-0.39, 0.29) is 6.61 Å². The van der Waals surface area contributed by atoms with E-state index in [1.165, 1.54) is 6.42 Å². The zero-order valence-corrected chi connectivity index (χ0v) is 7.48. The number of piperidine rings is 1. The summed E-state index contributed by atoms with van der Waals surface area (Å²) in [6.45, 7) is 2.02. The zero-order chi connectivity index (χ0) is 9.10. The first-order chi connectivity index (χ1) is 6.40. The second-order valence-electron chi connectivity index (χ2n) is 3.35. The lowest BCUT2D eigenvalue weighted by atomic mass is 10.1. The fraction of sp³-hybridized carbons (Fsp3) is 0.750. The number of nitrogens with zero attached hydrogens (tertiary/aromatic N) is 3. The van der Waals surface area contributed by atoms with Gasteiger partial charge in [-0.1, -0.05) is 5.21 Å². The Morgan fingerprint density at radius 1 is 1.69 bits per heavy atom. The lowest BCUT2D eigenvalue weighted by molar-refractivity contribution is 0.276. The van der Waals surface area contributed by atoms with E-state index >= 15 is 0 Å². The summed E-state index contributed by atoms with van der Waals surface area (Å²) in [5.74, 6) is 0. The van der Waals surface area contributed by atoms with Crippen LogP contribution in [0.5, 0.6) is 0 Å². The molecule has 0 spiro atoms. The van der Waals surface area contributed by atoms with Crippen molar-refractivity contribution < 1.29 is 5.11 Å². The summed E-state index contributed by atoms with van der Waals surface area (Å²) in [6, 6.07) is 0.404. The van der Waals surface area contributed by atoms with Crippen LogP contribution in [0.3, 0.4) is 0 Å². The van der Waals surface area contributed by atoms with E-state index in [0.717, 1.165) is 19.5 Å². The maximum Gasteiger partial charge on any atom is 0.108 e. The van der Waals surface area contributed by atoms with E-state index in [0.29, 0.717) is 11.7 Å². The quantitative estimate of drug-likeness (QED) is 0.659. The molecule has 72 valence electrons. The van der Waals surface area contributed by atoms with Crippen molar-refractivity contribution in [1.29, 1.82) is 0 Å². The standard InChI is InChI=1S/C8H14N4O/c13-6-7-5-12(11-10-7)8-2-1-3-9-4-8/h5,8-9,13H,1-4,6H2/t8-/m1/s1. The highest BCUT2D eigenvalue weighted by atomic mass is 16.3. The minimum atomic E-state index is -0.0276. The van der Waals surface area contributed by atoms with Gasteiger partial charge in [0.25, 0.3) is 0 Å². The predicted octanol–water partition coefficient (Wildman–Crippen LogP) is -0.305. The molecule has 1 aliphatic rings. The third kappa shape index (κ3) is 1.87. The van der Waals surface area contributed by atoms with Crippen LogP contribution in [0.2, 0.25) is 0 Å². The van der Waals surface area contributed by atoms with Crippen molar-refractivity contribution in [1.82, 2.24) is 20.3 Å². The topological polar surface area (TPSA) is 63.0 Å². The summed E-state index contributed by atoms with van der Waals surface area (Å²) in [6.07, 6.45) is 4.14. The van der Waals surface area contributed by atoms with Crippen molar-refractivity contribution >= 4 is 0 Å². The number of rotatable bonds is 2. The molecular formula is C8H14N4O. The number of aliphatic hydroxyl groups excluding tert-OH is 1. The molecule has 0 bridgehead atoms. The minimum Gasteiger partial charge on any atom is -0.390 e. The first kappa shape index (κ1) is 8.65. The average Bonchev–Trinajstić information content (AvgIpc) is 2.67. The molecule has 1 aliphatic heterocycles. The van der Waals surface area contributed by atoms with Gasteiger partial charge >= 0.3 is 0 Å². The molecule has 0 saturated carbocycles. The Labute approximate surface area is 76.8 Å². The number of aromatic nitrogens is 3. The molecule has 0 aromatic carbocycles. The molecule has 2 N–H and O–H groups in total. The minimum absolute atomic E-state index is 0.0276. The third-order valence-electron chi connectivity index (χ3n) is 2.36. The summed E-state index contributed by atoms with van der Waals surface area (Å²) >= 11 is 0. The Hall–Kier alpha value is -0.940. The van der Waals surface area contributed by atoms with Crippen LogP contribution in [0, 0.1) is 0 Å². The predicted molar refractivity (Wildman–Crippen MR) is 47.1 cm³/mol. The van der Waals surface area contributed by atoms with Crippen LogP contribution in [0.4, 0.5) is 0 Å². The van der Waals surface area contributed by atoms with Gasteiger partial charge in [0.05, 0.1) is 18.8 Å². The lowest BCUT2D eigenvalue weighted by Gasteiger charge is -2.22. The van der Waals surface area contributed by atoms with Crippen molar-refractivity contribution in [3.05, 3.63) is 11.9 Å². The largest absolute Gasteiger partial charge is 0.390 e. The molecule has 0 unspecified atom stereocenters. The van der Waals surface area contributed by atoms with E-state index in [4.69, 9.17) is 5.11 Å². The third-order valence-corrected chi connectivity index (χ3v) is 2.36. The van der Waals surface area contributed by atoms with Gasteiger partial charge < -0.3 is 10.4 Å². The summed E-state index contributed by atoms with van der Waals surface area (Å²) in [5.41, 5.74) is 0.644. The molecule has 5 nitrogen and oxygen atoms in total. The van der Waals surface area contributed by atoms with Gasteiger partial charge in [0.15, 0.2) is 0 Å². The molecule has 0 aliphatic carbocycles. The lowest BCUT2D eigenvalue weighted by Crippen LogP contribution is -2.31. The second-order valence-corrected chi connectivity index (χ2v) is 3.35. The maximum atomic E-state index is 8.82. The fourth-order valence-electron chi connectivity index (χ4n) is 1.62. The normalized spacial score (nSPS) is 23.3. The molecule has 1 saturated heterocycles. The summed E-state index contributed by atoms with van der Waals surface area (Å²) in [4.78, 5) is 0. The van der Waals surface area contributed by atoms with Gasteiger partial charge in [0.1, 0.15) is 5.69 Å². The Morgan fingerprint density at radius 3 is 3.23 bits per heavy atom. The van der Waals surface area contributed by atoms with Crippen LogP contribution in [0.1, 0.15) is 24.6 Å². The van der Waals surface area contributed by atoms with Gasteiger partial charge in [-0.2, -0.15) is 0 Å². The molecule has 0 amide bonds. The molecular weight excluding hydrogens is 168 g/mol. The van der Waals surface area contributed by atoms with Crippen molar-refractivity contribution in [2.75, 3.05) is 13.1 Å². The summed E-state index contributed by atoms with van der Waals surface area (Å²) in [5, 5.41) is 19.9. The number of nitrogens with one attached hydrogen (secondary N) is 1. The number of aliphatic hydroxyl groups is 1. The van der Waals surface area contributed by atoms with E-state index in [1.54, 1.807) is 0 Å². The van der Waals surface area contributed by atoms with Crippen molar-refractivity contribution in [3.8, 4) is 0 Å². The molecule has 1 fully saturated rings. The van der Waals surface area contributed by atoms with Gasteiger partial charge in [-0.3, -0.25) is 0 Å². The van der Waals surface area contributed by atoms with Gasteiger partial charge in [0.2, 0.25) is 0 Å². The van der Waals surface area contributed by atoms with Crippen LogP contribution in [-0.4, -0.2) is 33.2 Å². The highest BCUT2D eigenvalue weighted by Crippen LogP contribution is 2.14. The molecule has 0 radical (unpaired) electrons. The molecule has 1 aromatic rings. The zero-order valence-electron chi connectivity index (χ0n) is 7.48. The van der Waals surface area contributed by atoms with Crippen molar-refractivity contribution in [2.24, 2.45) is 0 Å². The number of hydrogen-bond donors (Lipinski definition) is 2. The molecule has 1 atom stereocenters. The van der Waals surface area contributed by atoms with Gasteiger partial charge in [-0.25, -0.2) is 4.68 Å². The first-order valence-corrected chi connectivity index (χ1v) is 4.62. The van der Waals surface area contributed by atoms with Crippen LogP contribution < -0.4 is 5.32 Å². The van der Waals surface area contributed by atoms with Crippen LogP contribution >= 0.6 is 0 Å². The molecule has 1 aromatic heterocycles. The van der Waals surface area contributed by atoms with Gasteiger partial charge in [-0.05, 0) is 19.4 Å². The van der Waals surface area contributed by atoms with Gasteiger partial charge in [-0.15, -0.1) is 5.10 Å². The van der Waals surface area contributed by atoms with E-state index in [2.05, 4.69) is 15.6 Å². The van der Waals surface area contributed by atoms with E-state index in [1.807, 2.05) is 10.9 Å². The van der Waals surface area contributed by atoms with Gasteiger partial charge in [0, 0.05) is 6.54 Å². The second kappa shape index (κ2) is 3.85. The van der Waals surface area contributed by atoms with Crippen molar-refractivity contribution in [2.45, 2.75) is 25.5 Å². The van der Waals surface area contributed by atoms with Crippen LogP contribution in [-0.2, 0) is 6.61 Å². The number of hydrogen-bond acceptors (Lipinski definition) is 4. The molecule has 13 heavy (non-hydrogen) atoms. The Morgan fingerprint density at radius 2 is 2.62 bits per heavy atom. The average molecular weight is 182 g/mol. The highest BCUT2D eigenvalue weighted by Gasteiger charge is 2.15. The molecule has 2 heterocycles. The van der Waals surface area contributed by atoms with Crippen LogP contribution in [0.25, 0.3) is 0 Å². The molecule has 5 heteroatoms. The maximum absolute atomic E-state index is 8.82. The summed E-state index contributed by atoms with van der Waals surface area (Å²) in [7, 11) is 0. The SMILES string of the molecule is OCc1cn([C@@H]2CCCNC2)nn1. The van der Waals surface area contributed by atoms with E-state index in [9.17, 15) is 0 Å². The fourth-order valence-corrected chi connectivity index (χ4v) is 1.62. The highest BCUT2D eigenvalue weighted by molar-refractivity contribution is 4.91.